The van der Waals surface area contributed by atoms with Gasteiger partial charge in [0, 0.05) is 25.1 Å². The summed E-state index contributed by atoms with van der Waals surface area (Å²) >= 11 is 0. The van der Waals surface area contributed by atoms with E-state index in [0.717, 1.165) is 5.56 Å². The fourth-order valence-corrected chi connectivity index (χ4v) is 1.70. The Morgan fingerprint density at radius 3 is 2.80 bits per heavy atom. The summed E-state index contributed by atoms with van der Waals surface area (Å²) in [5.41, 5.74) is 0.759. The van der Waals surface area contributed by atoms with Gasteiger partial charge in [0.1, 0.15) is 0 Å². The molecule has 0 fully saturated rings. The van der Waals surface area contributed by atoms with E-state index in [1.807, 2.05) is 19.9 Å². The number of nitrogens with zero attached hydrogens (tertiary/aromatic N) is 2. The Morgan fingerprint density at radius 2 is 2.15 bits per heavy atom. The molecule has 0 spiro atoms. The first-order chi connectivity index (χ1) is 9.56. The van der Waals surface area contributed by atoms with Gasteiger partial charge in [-0.15, -0.1) is 10.2 Å². The van der Waals surface area contributed by atoms with Crippen molar-refractivity contribution < 1.29 is 13.5 Å². The Balaban J connectivity index is 2.08. The van der Waals surface area contributed by atoms with Gasteiger partial charge in [0.15, 0.2) is 18.2 Å². The van der Waals surface area contributed by atoms with E-state index < -0.39 is 5.82 Å². The van der Waals surface area contributed by atoms with Crippen molar-refractivity contribution in [3.8, 4) is 5.75 Å². The van der Waals surface area contributed by atoms with Crippen molar-refractivity contribution in [1.29, 1.82) is 0 Å². The molecule has 0 saturated carbocycles. The topological polar surface area (TPSA) is 60.2 Å². The van der Waals surface area contributed by atoms with Crippen molar-refractivity contribution in [3.05, 3.63) is 41.4 Å². The van der Waals surface area contributed by atoms with Gasteiger partial charge in [0.2, 0.25) is 5.89 Å². The lowest BCUT2D eigenvalue weighted by atomic mass is 10.2. The molecule has 0 radical (unpaired) electrons. The Bertz CT molecular complexity index is 569. The highest BCUT2D eigenvalue weighted by molar-refractivity contribution is 5.35. The highest BCUT2D eigenvalue weighted by Crippen LogP contribution is 2.23. The van der Waals surface area contributed by atoms with Crippen LogP contribution in [0.1, 0.15) is 31.2 Å². The molecule has 2 aromatic rings. The quantitative estimate of drug-likeness (QED) is 0.880. The van der Waals surface area contributed by atoms with Gasteiger partial charge in [-0.1, -0.05) is 26.0 Å². The third-order valence-corrected chi connectivity index (χ3v) is 2.66. The minimum atomic E-state index is -0.399. The molecule has 0 bridgehead atoms. The van der Waals surface area contributed by atoms with Crippen LogP contribution in [0.4, 0.5) is 4.39 Å². The van der Waals surface area contributed by atoms with Crippen LogP contribution in [-0.4, -0.2) is 16.2 Å². The first-order valence-electron chi connectivity index (χ1n) is 6.49. The van der Waals surface area contributed by atoms with E-state index in [9.17, 15) is 4.39 Å². The van der Waals surface area contributed by atoms with Crippen LogP contribution in [0.15, 0.2) is 22.6 Å². The van der Waals surface area contributed by atoms with Crippen molar-refractivity contribution in [3.63, 3.8) is 0 Å². The molecule has 0 amide bonds. The second kappa shape index (κ2) is 6.47. The van der Waals surface area contributed by atoms with Gasteiger partial charge in [0.25, 0.3) is 5.89 Å². The molecule has 108 valence electrons. The maximum Gasteiger partial charge on any atom is 0.253 e. The predicted molar refractivity (Wildman–Crippen MR) is 71.7 cm³/mol. The fraction of sp³-hybridized carbons (Fsp3) is 0.429. The van der Waals surface area contributed by atoms with E-state index in [-0.39, 0.29) is 12.4 Å². The molecule has 1 aromatic heterocycles. The molecule has 1 N–H and O–H groups in total. The first kappa shape index (κ1) is 14.5. The molecular weight excluding hydrogens is 261 g/mol. The normalized spacial score (nSPS) is 11.1. The number of hydrogen-bond donors (Lipinski definition) is 1. The zero-order chi connectivity index (χ0) is 14.5. The van der Waals surface area contributed by atoms with Crippen molar-refractivity contribution in [2.75, 3.05) is 0 Å². The highest BCUT2D eigenvalue weighted by atomic mass is 19.1. The Morgan fingerprint density at radius 1 is 1.35 bits per heavy atom. The van der Waals surface area contributed by atoms with Crippen LogP contribution >= 0.6 is 0 Å². The molecule has 0 atom stereocenters. The number of halogens is 1. The van der Waals surface area contributed by atoms with E-state index in [1.54, 1.807) is 13.0 Å². The van der Waals surface area contributed by atoms with E-state index in [1.165, 1.54) is 6.07 Å². The fourth-order valence-electron chi connectivity index (χ4n) is 1.70. The molecular formula is C14H18FN3O2. The molecule has 1 aromatic carbocycles. The number of hydrogen-bond acceptors (Lipinski definition) is 5. The van der Waals surface area contributed by atoms with E-state index >= 15 is 0 Å². The van der Waals surface area contributed by atoms with Crippen LogP contribution in [0.25, 0.3) is 0 Å². The third kappa shape index (κ3) is 3.77. The standard InChI is InChI=1S/C14H18FN3O2/c1-9(2)16-7-11-5-4-6-12(15)14(11)19-8-13-18-17-10(3)20-13/h4-6,9,16H,7-8H2,1-3H3. The van der Waals surface area contributed by atoms with Crippen molar-refractivity contribution in [2.45, 2.75) is 40.0 Å². The van der Waals surface area contributed by atoms with Gasteiger partial charge in [-0.2, -0.15) is 0 Å². The van der Waals surface area contributed by atoms with Gasteiger partial charge >= 0.3 is 0 Å². The number of para-hydroxylation sites is 1. The molecule has 0 aliphatic heterocycles. The lowest BCUT2D eigenvalue weighted by Crippen LogP contribution is -2.22. The summed E-state index contributed by atoms with van der Waals surface area (Å²) in [6, 6.07) is 5.17. The number of aryl methyl sites for hydroxylation is 1. The summed E-state index contributed by atoms with van der Waals surface area (Å²) in [6.45, 7) is 6.34. The van der Waals surface area contributed by atoms with Gasteiger partial charge < -0.3 is 14.5 Å². The molecule has 5 nitrogen and oxygen atoms in total. The van der Waals surface area contributed by atoms with Crippen molar-refractivity contribution >= 4 is 0 Å². The zero-order valence-electron chi connectivity index (χ0n) is 11.8. The number of benzene rings is 1. The van der Waals surface area contributed by atoms with Gasteiger partial charge in [-0.25, -0.2) is 4.39 Å². The smallest absolute Gasteiger partial charge is 0.253 e. The maximum absolute atomic E-state index is 13.9. The number of rotatable bonds is 6. The van der Waals surface area contributed by atoms with Crippen LogP contribution in [0.3, 0.4) is 0 Å². The molecule has 1 heterocycles. The molecule has 0 aliphatic rings. The van der Waals surface area contributed by atoms with Gasteiger partial charge in [0.05, 0.1) is 0 Å². The van der Waals surface area contributed by atoms with Crippen molar-refractivity contribution in [2.24, 2.45) is 0 Å². The molecule has 20 heavy (non-hydrogen) atoms. The number of ether oxygens (including phenoxy) is 1. The van der Waals surface area contributed by atoms with Crippen LogP contribution in [0, 0.1) is 12.7 Å². The minimum absolute atomic E-state index is 0.0520. The monoisotopic (exact) mass is 279 g/mol. The SMILES string of the molecule is Cc1nnc(COc2c(F)cccc2CNC(C)C)o1. The predicted octanol–water partition coefficient (Wildman–Crippen LogP) is 2.59. The average molecular weight is 279 g/mol. The van der Waals surface area contributed by atoms with Crippen LogP contribution in [-0.2, 0) is 13.2 Å². The molecule has 2 rings (SSSR count). The number of aromatic nitrogens is 2. The summed E-state index contributed by atoms with van der Waals surface area (Å²) in [5.74, 6) is 0.605. The average Bonchev–Trinajstić information content (AvgIpc) is 2.81. The molecule has 6 heteroatoms. The van der Waals surface area contributed by atoms with Crippen LogP contribution in [0.5, 0.6) is 5.75 Å². The first-order valence-corrected chi connectivity index (χ1v) is 6.49. The third-order valence-electron chi connectivity index (χ3n) is 2.66. The molecule has 0 saturated heterocycles. The van der Waals surface area contributed by atoms with E-state index in [2.05, 4.69) is 15.5 Å². The molecule has 0 aliphatic carbocycles. The maximum atomic E-state index is 13.9. The Kier molecular flexibility index (Phi) is 4.68. The van der Waals surface area contributed by atoms with Crippen LogP contribution in [0.2, 0.25) is 0 Å². The second-order valence-electron chi connectivity index (χ2n) is 4.77. The summed E-state index contributed by atoms with van der Waals surface area (Å²) in [4.78, 5) is 0. The highest BCUT2D eigenvalue weighted by Gasteiger charge is 2.12. The summed E-state index contributed by atoms with van der Waals surface area (Å²) in [7, 11) is 0. The Hall–Kier alpha value is -1.95. The number of nitrogens with one attached hydrogen (secondary N) is 1. The van der Waals surface area contributed by atoms with E-state index in [0.29, 0.717) is 24.4 Å². The minimum Gasteiger partial charge on any atom is -0.480 e. The largest absolute Gasteiger partial charge is 0.480 e. The van der Waals surface area contributed by atoms with Crippen molar-refractivity contribution in [1.82, 2.24) is 15.5 Å². The summed E-state index contributed by atoms with van der Waals surface area (Å²) in [6.07, 6.45) is 0. The van der Waals surface area contributed by atoms with Gasteiger partial charge in [-0.3, -0.25) is 0 Å². The Labute approximate surface area is 117 Å². The zero-order valence-corrected chi connectivity index (χ0v) is 11.8. The molecule has 0 unspecified atom stereocenters. The second-order valence-corrected chi connectivity index (χ2v) is 4.77. The lowest BCUT2D eigenvalue weighted by Gasteiger charge is -2.13. The summed E-state index contributed by atoms with van der Waals surface area (Å²) < 4.78 is 24.5. The van der Waals surface area contributed by atoms with Crippen LogP contribution < -0.4 is 10.1 Å². The summed E-state index contributed by atoms with van der Waals surface area (Å²) in [5, 5.41) is 10.7. The lowest BCUT2D eigenvalue weighted by molar-refractivity contribution is 0.246. The van der Waals surface area contributed by atoms with E-state index in [4.69, 9.17) is 9.15 Å². The van der Waals surface area contributed by atoms with Gasteiger partial charge in [-0.05, 0) is 6.07 Å².